The van der Waals surface area contributed by atoms with Crippen LogP contribution in [-0.4, -0.2) is 124 Å². The third-order valence-corrected chi connectivity index (χ3v) is 14.3. The number of aromatic nitrogens is 5. The molecule has 1 aromatic carbocycles. The van der Waals surface area contributed by atoms with E-state index in [9.17, 15) is 29.2 Å². The van der Waals surface area contributed by atoms with Gasteiger partial charge in [0.15, 0.2) is 5.01 Å². The fraction of sp³-hybridized carbons (Fsp3) is 0.435. The zero-order valence-electron chi connectivity index (χ0n) is 36.4. The van der Waals surface area contributed by atoms with Gasteiger partial charge in [0.25, 0.3) is 11.8 Å². The number of anilines is 2. The Morgan fingerprint density at radius 2 is 1.65 bits per heavy atom. The fourth-order valence-electron chi connectivity index (χ4n) is 9.45. The summed E-state index contributed by atoms with van der Waals surface area (Å²) >= 11 is 1.62. The SMILES string of the molecule is CNc1cc(-c2ccc3cc(C#N)cnn23)ncc1-c1nnc(C23CCC(NC(=O)CCOCCOCCOCCNc4cccc5c4C(=O)N(C4CCC(=O)NC4=O)C5=O)(CC2)CC3)s1. The predicted molar refractivity (Wildman–Crippen MR) is 241 cm³/mol. The van der Waals surface area contributed by atoms with Gasteiger partial charge in [-0.15, -0.1) is 10.2 Å². The number of rotatable bonds is 19. The van der Waals surface area contributed by atoms with Crippen molar-refractivity contribution in [3.63, 3.8) is 0 Å². The molecule has 6 heterocycles. The van der Waals surface area contributed by atoms with Crippen LogP contribution in [0.15, 0.2) is 54.9 Å². The van der Waals surface area contributed by atoms with E-state index in [1.54, 1.807) is 46.3 Å². The zero-order valence-corrected chi connectivity index (χ0v) is 37.2. The smallest absolute Gasteiger partial charge is 0.264 e. The van der Waals surface area contributed by atoms with Crippen LogP contribution in [0.2, 0.25) is 0 Å². The second-order valence-electron chi connectivity index (χ2n) is 17.0. The second kappa shape index (κ2) is 19.1. The van der Waals surface area contributed by atoms with Crippen molar-refractivity contribution >= 4 is 57.8 Å². The van der Waals surface area contributed by atoms with Crippen molar-refractivity contribution in [1.82, 2.24) is 40.3 Å². The first-order valence-corrected chi connectivity index (χ1v) is 23.0. The monoisotopic (exact) mass is 915 g/mol. The van der Waals surface area contributed by atoms with Gasteiger partial charge in [0, 0.05) is 55.0 Å². The van der Waals surface area contributed by atoms with E-state index in [1.165, 1.54) is 0 Å². The number of piperidine rings is 1. The molecule has 66 heavy (non-hydrogen) atoms. The zero-order chi connectivity index (χ0) is 45.8. The first kappa shape index (κ1) is 44.5. The molecule has 3 saturated carbocycles. The van der Waals surface area contributed by atoms with Gasteiger partial charge < -0.3 is 30.2 Å². The van der Waals surface area contributed by atoms with Crippen molar-refractivity contribution in [3.8, 4) is 28.0 Å². The van der Waals surface area contributed by atoms with Gasteiger partial charge in [0.1, 0.15) is 17.1 Å². The summed E-state index contributed by atoms with van der Waals surface area (Å²) in [5.74, 6) is -2.22. The number of fused-ring (bicyclic) bond motifs is 5. The summed E-state index contributed by atoms with van der Waals surface area (Å²) in [6.45, 7) is 2.35. The highest BCUT2D eigenvalue weighted by atomic mass is 32.1. The molecule has 5 aromatic rings. The van der Waals surface area contributed by atoms with Crippen LogP contribution in [0.4, 0.5) is 11.4 Å². The van der Waals surface area contributed by atoms with Gasteiger partial charge in [0.2, 0.25) is 17.7 Å². The molecule has 3 aliphatic carbocycles. The number of carbonyl (C=O) groups excluding carboxylic acids is 5. The molecule has 342 valence electrons. The molecule has 0 spiro atoms. The number of pyridine rings is 1. The summed E-state index contributed by atoms with van der Waals surface area (Å²) in [4.78, 5) is 69.0. The van der Waals surface area contributed by atoms with E-state index < -0.39 is 29.7 Å². The summed E-state index contributed by atoms with van der Waals surface area (Å²) in [6.07, 6.45) is 9.22. The van der Waals surface area contributed by atoms with Gasteiger partial charge >= 0.3 is 0 Å². The van der Waals surface area contributed by atoms with Gasteiger partial charge in [-0.3, -0.25) is 39.2 Å². The molecule has 19 nitrogen and oxygen atoms in total. The van der Waals surface area contributed by atoms with Crippen LogP contribution in [0.1, 0.15) is 89.1 Å². The third-order valence-electron chi connectivity index (χ3n) is 13.1. The van der Waals surface area contributed by atoms with Crippen LogP contribution in [0.3, 0.4) is 0 Å². The molecule has 1 saturated heterocycles. The molecular weight excluding hydrogens is 867 g/mol. The molecule has 4 N–H and O–H groups in total. The quantitative estimate of drug-likeness (QED) is 0.0669. The molecule has 20 heteroatoms. The molecule has 1 atom stereocenters. The van der Waals surface area contributed by atoms with Gasteiger partial charge in [-0.25, -0.2) is 4.52 Å². The lowest BCUT2D eigenvalue weighted by Gasteiger charge is -2.52. The van der Waals surface area contributed by atoms with E-state index in [-0.39, 0.29) is 47.3 Å². The molecule has 5 amide bonds. The summed E-state index contributed by atoms with van der Waals surface area (Å²) < 4.78 is 18.7. The van der Waals surface area contributed by atoms with Gasteiger partial charge in [-0.2, -0.15) is 10.4 Å². The normalized spacial score (nSPS) is 21.2. The van der Waals surface area contributed by atoms with Crippen LogP contribution >= 0.6 is 11.3 Å². The van der Waals surface area contributed by atoms with Crippen LogP contribution < -0.4 is 21.3 Å². The largest absolute Gasteiger partial charge is 0.387 e. The first-order chi connectivity index (χ1) is 32.1. The van der Waals surface area contributed by atoms with Crippen LogP contribution in [-0.2, 0) is 34.0 Å². The van der Waals surface area contributed by atoms with E-state index in [1.807, 2.05) is 31.4 Å². The maximum absolute atomic E-state index is 13.3. The highest BCUT2D eigenvalue weighted by molar-refractivity contribution is 7.14. The Morgan fingerprint density at radius 1 is 0.894 bits per heavy atom. The minimum absolute atomic E-state index is 0.0139. The van der Waals surface area contributed by atoms with E-state index in [0.717, 1.165) is 81.6 Å². The van der Waals surface area contributed by atoms with Gasteiger partial charge in [-0.05, 0) is 81.3 Å². The van der Waals surface area contributed by atoms with Crippen LogP contribution in [0.25, 0.3) is 27.5 Å². The summed E-state index contributed by atoms with van der Waals surface area (Å²) in [5, 5.41) is 36.9. The molecular formula is C46H49N11O8S. The van der Waals surface area contributed by atoms with Crippen molar-refractivity contribution in [3.05, 3.63) is 76.6 Å². The number of nitriles is 1. The number of hydrogen-bond donors (Lipinski definition) is 4. The molecule has 0 radical (unpaired) electrons. The Hall–Kier alpha value is -6.66. The minimum Gasteiger partial charge on any atom is -0.387 e. The lowest BCUT2D eigenvalue weighted by atomic mass is 9.57. The molecule has 1 unspecified atom stereocenters. The number of amides is 5. The lowest BCUT2D eigenvalue weighted by molar-refractivity contribution is -0.136. The third kappa shape index (κ3) is 8.86. The predicted octanol–water partition coefficient (Wildman–Crippen LogP) is 4.24. The van der Waals surface area contributed by atoms with Crippen molar-refractivity contribution in [2.24, 2.45) is 0 Å². The highest BCUT2D eigenvalue weighted by Gasteiger charge is 2.52. The van der Waals surface area contributed by atoms with E-state index >= 15 is 0 Å². The highest BCUT2D eigenvalue weighted by Crippen LogP contribution is 2.54. The Bertz CT molecular complexity index is 2720. The molecule has 4 aromatic heterocycles. The Labute approximate surface area is 383 Å². The van der Waals surface area contributed by atoms with E-state index in [0.29, 0.717) is 57.4 Å². The average molecular weight is 916 g/mol. The number of nitrogens with zero attached hydrogens (tertiary/aromatic N) is 7. The Morgan fingerprint density at radius 3 is 2.39 bits per heavy atom. The second-order valence-corrected chi connectivity index (χ2v) is 18.0. The topological polar surface area (TPSA) is 244 Å². The first-order valence-electron chi connectivity index (χ1n) is 22.1. The number of hydrogen-bond acceptors (Lipinski definition) is 16. The maximum Gasteiger partial charge on any atom is 0.264 e. The van der Waals surface area contributed by atoms with E-state index in [2.05, 4.69) is 37.5 Å². The van der Waals surface area contributed by atoms with Crippen LogP contribution in [0, 0.1) is 11.3 Å². The fourth-order valence-corrected chi connectivity index (χ4v) is 10.6. The molecule has 2 aliphatic heterocycles. The standard InChI is InChI=1S/C46H49N11O8S/c1-48-33-24-34(35-6-5-29-23-28(25-47)26-51-57(29)35)50-27-31(33)41-54-55-44(66-41)45-10-13-46(14-11-45,15-12-45)53-38(59)9-17-63-19-21-65-22-20-64-18-16-49-32-4-2-3-30-39(32)43(62)56(42(30)61)36-7-8-37(58)52-40(36)60/h2-6,23-24,26-27,36,49H,7-22H2,1H3,(H,48,50)(H,53,59)(H,52,58,60). The minimum atomic E-state index is -1.03. The molecule has 10 rings (SSSR count). The average Bonchev–Trinajstić information content (AvgIpc) is 4.07. The maximum atomic E-state index is 13.3. The number of imide groups is 2. The number of ether oxygens (including phenoxy) is 3. The molecule has 2 bridgehead atoms. The van der Waals surface area contributed by atoms with Gasteiger partial charge in [-0.1, -0.05) is 17.4 Å². The van der Waals surface area contributed by atoms with Crippen molar-refractivity contribution in [2.75, 3.05) is 63.9 Å². The van der Waals surface area contributed by atoms with Crippen LogP contribution in [0.5, 0.6) is 0 Å². The Kier molecular flexibility index (Phi) is 12.9. The molecule has 4 fully saturated rings. The summed E-state index contributed by atoms with van der Waals surface area (Å²) in [7, 11) is 1.87. The van der Waals surface area contributed by atoms with Crippen molar-refractivity contribution in [2.45, 2.75) is 74.8 Å². The van der Waals surface area contributed by atoms with Crippen molar-refractivity contribution < 1.29 is 38.2 Å². The summed E-state index contributed by atoms with van der Waals surface area (Å²) in [6, 6.07) is 13.6. The van der Waals surface area contributed by atoms with Gasteiger partial charge in [0.05, 0.1) is 85.0 Å². The lowest BCUT2D eigenvalue weighted by Crippen LogP contribution is -2.57. The van der Waals surface area contributed by atoms with Crippen molar-refractivity contribution in [1.29, 1.82) is 5.26 Å². The number of nitrogens with one attached hydrogen (secondary N) is 4. The Balaban J connectivity index is 0.653. The number of benzene rings is 1. The number of carbonyl (C=O) groups is 5. The molecule has 5 aliphatic rings. The summed E-state index contributed by atoms with van der Waals surface area (Å²) in [5.41, 5.74) is 5.22. The van der Waals surface area contributed by atoms with E-state index in [4.69, 9.17) is 24.3 Å².